The number of hydrogen-bond acceptors (Lipinski definition) is 5. The van der Waals surface area contributed by atoms with Gasteiger partial charge < -0.3 is 10.0 Å². The Morgan fingerprint density at radius 2 is 2.21 bits per heavy atom. The molecule has 5 heteroatoms. The van der Waals surface area contributed by atoms with Crippen LogP contribution in [0.25, 0.3) is 0 Å². The van der Waals surface area contributed by atoms with E-state index >= 15 is 0 Å². The van der Waals surface area contributed by atoms with E-state index < -0.39 is 0 Å². The van der Waals surface area contributed by atoms with E-state index in [1.54, 1.807) is 6.92 Å². The van der Waals surface area contributed by atoms with Crippen LogP contribution in [0.4, 0.5) is 0 Å². The number of hydrogen-bond donors (Lipinski definition) is 1. The topological polar surface area (TPSA) is 71.2 Å². The number of allylic oxidation sites excluding steroid dienone is 1. The van der Waals surface area contributed by atoms with Gasteiger partial charge in [-0.3, -0.25) is 4.79 Å². The predicted molar refractivity (Wildman–Crippen MR) is 53.8 cm³/mol. The van der Waals surface area contributed by atoms with Crippen molar-refractivity contribution >= 4 is 17.7 Å². The molecule has 78 valence electrons. The van der Waals surface area contributed by atoms with Gasteiger partial charge in [0, 0.05) is 13.3 Å². The van der Waals surface area contributed by atoms with Gasteiger partial charge in [0.2, 0.25) is 0 Å². The highest BCUT2D eigenvalue weighted by molar-refractivity contribution is 6.39. The minimum atomic E-state index is -0.158. The molecule has 0 aliphatic rings. The van der Waals surface area contributed by atoms with Crippen LogP contribution in [0.1, 0.15) is 20.3 Å². The van der Waals surface area contributed by atoms with Crippen LogP contribution in [0.2, 0.25) is 0 Å². The lowest BCUT2D eigenvalue weighted by Crippen LogP contribution is -2.11. The lowest BCUT2D eigenvalue weighted by molar-refractivity contribution is -0.111. The van der Waals surface area contributed by atoms with Crippen LogP contribution in [0.5, 0.6) is 0 Å². The molecule has 0 saturated heterocycles. The molecular formula is C9H14N2O3. The van der Waals surface area contributed by atoms with Crippen LogP contribution in [-0.4, -0.2) is 29.5 Å². The number of ketones is 1. The molecule has 0 fully saturated rings. The van der Waals surface area contributed by atoms with E-state index in [-0.39, 0.29) is 12.4 Å². The molecule has 5 nitrogen and oxygen atoms in total. The molecular weight excluding hydrogens is 184 g/mol. The lowest BCUT2D eigenvalue weighted by Gasteiger charge is -2.01. The van der Waals surface area contributed by atoms with Crippen LogP contribution in [-0.2, 0) is 9.63 Å². The quantitative estimate of drug-likeness (QED) is 0.230. The van der Waals surface area contributed by atoms with Crippen LogP contribution in [0.3, 0.4) is 0 Å². The molecule has 0 atom stereocenters. The summed E-state index contributed by atoms with van der Waals surface area (Å²) in [4.78, 5) is 15.7. The summed E-state index contributed by atoms with van der Waals surface area (Å²) in [6.07, 6.45) is 1.52. The van der Waals surface area contributed by atoms with E-state index in [4.69, 9.17) is 10.0 Å². The van der Waals surface area contributed by atoms with Crippen LogP contribution in [0, 0.1) is 0 Å². The molecule has 0 aliphatic heterocycles. The zero-order chi connectivity index (χ0) is 11.0. The van der Waals surface area contributed by atoms with E-state index in [0.29, 0.717) is 12.1 Å². The zero-order valence-corrected chi connectivity index (χ0v) is 8.36. The smallest absolute Gasteiger partial charge is 0.177 e. The summed E-state index contributed by atoms with van der Waals surface area (Å²) >= 11 is 0. The maximum Gasteiger partial charge on any atom is 0.177 e. The Morgan fingerprint density at radius 3 is 2.64 bits per heavy atom. The summed E-state index contributed by atoms with van der Waals surface area (Å²) in [6.45, 7) is 6.91. The number of Topliss-reactive ketones (excluding diaryl/α,β-unsaturated/α-hetero) is 1. The van der Waals surface area contributed by atoms with E-state index in [2.05, 4.69) is 16.9 Å². The second-order valence-electron chi connectivity index (χ2n) is 2.82. The van der Waals surface area contributed by atoms with Gasteiger partial charge in [-0.15, -0.1) is 0 Å². The van der Waals surface area contributed by atoms with Crippen molar-refractivity contribution in [3.05, 3.63) is 12.2 Å². The summed E-state index contributed by atoms with van der Waals surface area (Å²) in [7, 11) is 0. The first-order valence-corrected chi connectivity index (χ1v) is 4.08. The van der Waals surface area contributed by atoms with Gasteiger partial charge in [-0.05, 0) is 6.92 Å². The number of rotatable bonds is 6. The maximum atomic E-state index is 11.0. The lowest BCUT2D eigenvalue weighted by atomic mass is 10.1. The molecule has 0 unspecified atom stereocenters. The van der Waals surface area contributed by atoms with Crippen molar-refractivity contribution in [3.8, 4) is 0 Å². The fourth-order valence-corrected chi connectivity index (χ4v) is 0.689. The normalized spacial score (nSPS) is 11.7. The van der Waals surface area contributed by atoms with Crippen molar-refractivity contribution in [2.24, 2.45) is 10.3 Å². The van der Waals surface area contributed by atoms with Crippen LogP contribution in [0.15, 0.2) is 22.5 Å². The summed E-state index contributed by atoms with van der Waals surface area (Å²) < 4.78 is 0. The Bertz CT molecular complexity index is 269. The van der Waals surface area contributed by atoms with Crippen molar-refractivity contribution in [2.75, 3.05) is 6.61 Å². The summed E-state index contributed by atoms with van der Waals surface area (Å²) in [5.41, 5.74) is 1.14. The second kappa shape index (κ2) is 6.82. The fourth-order valence-electron chi connectivity index (χ4n) is 0.689. The molecule has 0 aromatic rings. The summed E-state index contributed by atoms with van der Waals surface area (Å²) in [6, 6.07) is 0. The molecule has 0 amide bonds. The van der Waals surface area contributed by atoms with Gasteiger partial charge in [0.1, 0.15) is 5.71 Å². The van der Waals surface area contributed by atoms with Crippen molar-refractivity contribution in [3.63, 3.8) is 0 Å². The molecule has 0 aliphatic carbocycles. The van der Waals surface area contributed by atoms with Gasteiger partial charge in [-0.1, -0.05) is 22.5 Å². The van der Waals surface area contributed by atoms with E-state index in [0.717, 1.165) is 11.8 Å². The first-order chi connectivity index (χ1) is 6.57. The van der Waals surface area contributed by atoms with Gasteiger partial charge in [0.05, 0.1) is 6.21 Å². The molecule has 0 bridgehead atoms. The number of oxime groups is 2. The third-order valence-electron chi connectivity index (χ3n) is 1.28. The first kappa shape index (κ1) is 12.3. The van der Waals surface area contributed by atoms with Crippen molar-refractivity contribution in [1.29, 1.82) is 0 Å². The van der Waals surface area contributed by atoms with Crippen molar-refractivity contribution in [2.45, 2.75) is 20.3 Å². The molecule has 0 heterocycles. The molecule has 14 heavy (non-hydrogen) atoms. The third-order valence-corrected chi connectivity index (χ3v) is 1.28. The largest absolute Gasteiger partial charge is 0.411 e. The Balaban J connectivity index is 4.19. The Kier molecular flexibility index (Phi) is 6.02. The summed E-state index contributed by atoms with van der Waals surface area (Å²) in [5, 5.41) is 14.4. The number of carbonyl (C=O) groups excluding carboxylic acids is 1. The fraction of sp³-hybridized carbons (Fsp3) is 0.444. The first-order valence-electron chi connectivity index (χ1n) is 4.08. The van der Waals surface area contributed by atoms with Gasteiger partial charge >= 0.3 is 0 Å². The predicted octanol–water partition coefficient (Wildman–Crippen LogP) is 1.37. The standard InChI is InChI=1S/C9H14N2O3/c1-7(2)6-9(8(3)12)11-14-5-4-10-13/h4,13H,1,5-6H2,2-3H3. The average Bonchev–Trinajstić information content (AvgIpc) is 2.09. The highest BCUT2D eigenvalue weighted by Gasteiger charge is 2.06. The van der Waals surface area contributed by atoms with Crippen molar-refractivity contribution in [1.82, 2.24) is 0 Å². The highest BCUT2D eigenvalue weighted by atomic mass is 16.6. The minimum Gasteiger partial charge on any atom is -0.411 e. The average molecular weight is 198 g/mol. The van der Waals surface area contributed by atoms with Crippen LogP contribution < -0.4 is 0 Å². The second-order valence-corrected chi connectivity index (χ2v) is 2.82. The zero-order valence-electron chi connectivity index (χ0n) is 8.36. The van der Waals surface area contributed by atoms with Gasteiger partial charge in [-0.2, -0.15) is 0 Å². The molecule has 0 saturated carbocycles. The monoisotopic (exact) mass is 198 g/mol. The highest BCUT2D eigenvalue weighted by Crippen LogP contribution is 2.00. The molecule has 0 aromatic heterocycles. The number of nitrogens with zero attached hydrogens (tertiary/aromatic N) is 2. The van der Waals surface area contributed by atoms with E-state index in [9.17, 15) is 4.79 Å². The van der Waals surface area contributed by atoms with Gasteiger partial charge in [0.15, 0.2) is 12.4 Å². The van der Waals surface area contributed by atoms with Gasteiger partial charge in [0.25, 0.3) is 0 Å². The maximum absolute atomic E-state index is 11.0. The third kappa shape index (κ3) is 5.93. The molecule has 0 radical (unpaired) electrons. The van der Waals surface area contributed by atoms with E-state index in [1.807, 2.05) is 0 Å². The summed E-state index contributed by atoms with van der Waals surface area (Å²) in [5.74, 6) is -0.158. The SMILES string of the molecule is C=C(C)CC(=NOCC=NO)C(C)=O. The Morgan fingerprint density at radius 1 is 1.57 bits per heavy atom. The van der Waals surface area contributed by atoms with E-state index in [1.165, 1.54) is 6.92 Å². The van der Waals surface area contributed by atoms with Gasteiger partial charge in [-0.25, -0.2) is 0 Å². The van der Waals surface area contributed by atoms with Crippen molar-refractivity contribution < 1.29 is 14.8 Å². The molecule has 0 rings (SSSR count). The minimum absolute atomic E-state index is 0.0312. The Labute approximate surface area is 82.7 Å². The Hall–Kier alpha value is -1.65. The number of carbonyl (C=O) groups is 1. The molecule has 0 aromatic carbocycles. The van der Waals surface area contributed by atoms with Crippen LogP contribution >= 0.6 is 0 Å². The molecule has 1 N–H and O–H groups in total. The molecule has 0 spiro atoms.